The van der Waals surface area contributed by atoms with Gasteiger partial charge in [-0.05, 0) is 49.6 Å². The predicted molar refractivity (Wildman–Crippen MR) is 76.6 cm³/mol. The van der Waals surface area contributed by atoms with E-state index in [1.807, 2.05) is 19.2 Å². The molecule has 2 nitrogen and oxygen atoms in total. The normalized spacial score (nSPS) is 11.6. The van der Waals surface area contributed by atoms with Gasteiger partial charge in [0.25, 0.3) is 0 Å². The quantitative estimate of drug-likeness (QED) is 0.801. The van der Waals surface area contributed by atoms with E-state index < -0.39 is 0 Å². The number of benzene rings is 1. The third-order valence-corrected chi connectivity index (χ3v) is 3.89. The van der Waals surface area contributed by atoms with Crippen molar-refractivity contribution in [2.24, 2.45) is 5.41 Å². The second-order valence-corrected chi connectivity index (χ2v) is 5.07. The Labute approximate surface area is 110 Å². The first-order chi connectivity index (χ1) is 8.56. The summed E-state index contributed by atoms with van der Waals surface area (Å²) in [7, 11) is 4.07. The van der Waals surface area contributed by atoms with Gasteiger partial charge < -0.3 is 10.2 Å². The minimum Gasteiger partial charge on any atom is -0.374 e. The smallest absolute Gasteiger partial charge is 0.123 e. The van der Waals surface area contributed by atoms with E-state index >= 15 is 0 Å². The molecule has 1 rings (SSSR count). The molecule has 0 bridgehead atoms. The van der Waals surface area contributed by atoms with Crippen LogP contribution in [-0.2, 0) is 0 Å². The molecule has 0 amide bonds. The SMILES string of the molecule is CCC(CC)(CNC)CN(C)c1ccc(F)cc1. The highest BCUT2D eigenvalue weighted by Gasteiger charge is 2.27. The van der Waals surface area contributed by atoms with Gasteiger partial charge in [-0.3, -0.25) is 0 Å². The monoisotopic (exact) mass is 252 g/mol. The second-order valence-electron chi connectivity index (χ2n) is 5.07. The zero-order chi connectivity index (χ0) is 13.6. The molecule has 3 heteroatoms. The molecule has 0 radical (unpaired) electrons. The largest absolute Gasteiger partial charge is 0.374 e. The maximum absolute atomic E-state index is 12.9. The van der Waals surface area contributed by atoms with Gasteiger partial charge in [-0.25, -0.2) is 4.39 Å². The number of hydrogen-bond donors (Lipinski definition) is 1. The molecule has 0 saturated carbocycles. The van der Waals surface area contributed by atoms with E-state index in [9.17, 15) is 4.39 Å². The summed E-state index contributed by atoms with van der Waals surface area (Å²) in [4.78, 5) is 2.21. The fraction of sp³-hybridized carbons (Fsp3) is 0.600. The maximum atomic E-state index is 12.9. The van der Waals surface area contributed by atoms with Crippen LogP contribution < -0.4 is 10.2 Å². The molecule has 1 N–H and O–H groups in total. The number of halogens is 1. The average Bonchev–Trinajstić information content (AvgIpc) is 2.38. The Kier molecular flexibility index (Phi) is 5.60. The van der Waals surface area contributed by atoms with Crippen molar-refractivity contribution in [3.63, 3.8) is 0 Å². The van der Waals surface area contributed by atoms with Gasteiger partial charge >= 0.3 is 0 Å². The van der Waals surface area contributed by atoms with Gasteiger partial charge in [0.1, 0.15) is 5.82 Å². The van der Waals surface area contributed by atoms with Crippen molar-refractivity contribution in [1.82, 2.24) is 5.32 Å². The zero-order valence-electron chi connectivity index (χ0n) is 12.0. The van der Waals surface area contributed by atoms with Gasteiger partial charge in [0, 0.05) is 25.8 Å². The lowest BCUT2D eigenvalue weighted by Gasteiger charge is -2.36. The molecule has 0 atom stereocenters. The predicted octanol–water partition coefficient (Wildman–Crippen LogP) is 3.29. The van der Waals surface area contributed by atoms with Crippen molar-refractivity contribution in [2.45, 2.75) is 26.7 Å². The Morgan fingerprint density at radius 2 is 1.72 bits per heavy atom. The zero-order valence-corrected chi connectivity index (χ0v) is 12.0. The number of rotatable bonds is 7. The van der Waals surface area contributed by atoms with Crippen LogP contribution in [0.25, 0.3) is 0 Å². The number of hydrogen-bond acceptors (Lipinski definition) is 2. The van der Waals surface area contributed by atoms with Crippen molar-refractivity contribution in [2.75, 3.05) is 32.1 Å². The van der Waals surface area contributed by atoms with Crippen molar-refractivity contribution in [3.8, 4) is 0 Å². The lowest BCUT2D eigenvalue weighted by atomic mass is 9.81. The summed E-state index contributed by atoms with van der Waals surface area (Å²) in [6, 6.07) is 6.71. The summed E-state index contributed by atoms with van der Waals surface area (Å²) >= 11 is 0. The number of nitrogens with one attached hydrogen (secondary N) is 1. The summed E-state index contributed by atoms with van der Waals surface area (Å²) in [5.41, 5.74) is 1.34. The van der Waals surface area contributed by atoms with Gasteiger partial charge in [0.15, 0.2) is 0 Å². The molecular weight excluding hydrogens is 227 g/mol. The van der Waals surface area contributed by atoms with Crippen LogP contribution in [-0.4, -0.2) is 27.2 Å². The van der Waals surface area contributed by atoms with Crippen LogP contribution >= 0.6 is 0 Å². The van der Waals surface area contributed by atoms with Crippen LogP contribution in [0.3, 0.4) is 0 Å². The van der Waals surface area contributed by atoms with Gasteiger partial charge in [-0.15, -0.1) is 0 Å². The van der Waals surface area contributed by atoms with Crippen molar-refractivity contribution in [3.05, 3.63) is 30.1 Å². The van der Waals surface area contributed by atoms with E-state index in [2.05, 4.69) is 31.1 Å². The van der Waals surface area contributed by atoms with E-state index in [0.29, 0.717) is 0 Å². The Morgan fingerprint density at radius 1 is 1.17 bits per heavy atom. The molecule has 0 saturated heterocycles. The van der Waals surface area contributed by atoms with Crippen LogP contribution in [0.2, 0.25) is 0 Å². The van der Waals surface area contributed by atoms with Gasteiger partial charge in [-0.1, -0.05) is 13.8 Å². The van der Waals surface area contributed by atoms with E-state index in [0.717, 1.165) is 31.6 Å². The molecule has 0 aliphatic carbocycles. The Balaban J connectivity index is 2.77. The first-order valence-corrected chi connectivity index (χ1v) is 6.68. The van der Waals surface area contributed by atoms with Gasteiger partial charge in [0.05, 0.1) is 0 Å². The Bertz CT molecular complexity index is 344. The third kappa shape index (κ3) is 3.70. The first-order valence-electron chi connectivity index (χ1n) is 6.68. The summed E-state index contributed by atoms with van der Waals surface area (Å²) in [6.45, 7) is 6.46. The highest BCUT2D eigenvalue weighted by molar-refractivity contribution is 5.45. The van der Waals surface area contributed by atoms with E-state index in [1.54, 1.807) is 0 Å². The fourth-order valence-corrected chi connectivity index (χ4v) is 2.44. The highest BCUT2D eigenvalue weighted by Crippen LogP contribution is 2.28. The van der Waals surface area contributed by atoms with E-state index in [1.165, 1.54) is 12.1 Å². The minimum absolute atomic E-state index is 0.181. The van der Waals surface area contributed by atoms with Gasteiger partial charge in [-0.2, -0.15) is 0 Å². The molecule has 0 aliphatic rings. The molecule has 0 heterocycles. The summed E-state index contributed by atoms with van der Waals surface area (Å²) in [5.74, 6) is -0.181. The molecule has 0 aromatic heterocycles. The third-order valence-electron chi connectivity index (χ3n) is 3.89. The maximum Gasteiger partial charge on any atom is 0.123 e. The average molecular weight is 252 g/mol. The molecule has 1 aromatic rings. The molecule has 0 spiro atoms. The van der Waals surface area contributed by atoms with Crippen LogP contribution in [0.15, 0.2) is 24.3 Å². The van der Waals surface area contributed by atoms with Crippen molar-refractivity contribution < 1.29 is 4.39 Å². The number of nitrogens with zero attached hydrogens (tertiary/aromatic N) is 1. The van der Waals surface area contributed by atoms with Crippen LogP contribution in [0.5, 0.6) is 0 Å². The molecular formula is C15H25FN2. The minimum atomic E-state index is -0.181. The topological polar surface area (TPSA) is 15.3 Å². The molecule has 0 fully saturated rings. The van der Waals surface area contributed by atoms with Crippen molar-refractivity contribution in [1.29, 1.82) is 0 Å². The fourth-order valence-electron chi connectivity index (χ4n) is 2.44. The van der Waals surface area contributed by atoms with Crippen LogP contribution in [0.4, 0.5) is 10.1 Å². The molecule has 0 aliphatic heterocycles. The van der Waals surface area contributed by atoms with E-state index in [-0.39, 0.29) is 11.2 Å². The second kappa shape index (κ2) is 6.74. The van der Waals surface area contributed by atoms with Crippen LogP contribution in [0, 0.1) is 11.2 Å². The van der Waals surface area contributed by atoms with Gasteiger partial charge in [0.2, 0.25) is 0 Å². The molecule has 0 unspecified atom stereocenters. The number of anilines is 1. The summed E-state index contributed by atoms with van der Waals surface area (Å²) in [5, 5.41) is 3.29. The lowest BCUT2D eigenvalue weighted by Crippen LogP contribution is -2.41. The standard InChI is InChI=1S/C15H25FN2/c1-5-15(6-2,11-17-3)12-18(4)14-9-7-13(16)8-10-14/h7-10,17H,5-6,11-12H2,1-4H3. The molecule has 1 aromatic carbocycles. The molecule has 102 valence electrons. The summed E-state index contributed by atoms with van der Waals surface area (Å²) < 4.78 is 12.9. The highest BCUT2D eigenvalue weighted by atomic mass is 19.1. The first kappa shape index (κ1) is 15.0. The van der Waals surface area contributed by atoms with Crippen molar-refractivity contribution >= 4 is 5.69 Å². The Morgan fingerprint density at radius 3 is 2.17 bits per heavy atom. The van der Waals surface area contributed by atoms with E-state index in [4.69, 9.17) is 0 Å². The molecule has 18 heavy (non-hydrogen) atoms. The summed E-state index contributed by atoms with van der Waals surface area (Å²) in [6.07, 6.45) is 2.27. The Hall–Kier alpha value is -1.09. The lowest BCUT2D eigenvalue weighted by molar-refractivity contribution is 0.262. The van der Waals surface area contributed by atoms with Crippen LogP contribution in [0.1, 0.15) is 26.7 Å².